The van der Waals surface area contributed by atoms with Crippen LogP contribution in [0, 0.1) is 18.3 Å². The third-order valence-corrected chi connectivity index (χ3v) is 2.70. The topological polar surface area (TPSA) is 15.3 Å². The van der Waals surface area contributed by atoms with Crippen LogP contribution in [-0.4, -0.2) is 37.6 Å². The lowest BCUT2D eigenvalue weighted by atomic mass is 10.1. The number of hydrogen-bond acceptors (Lipinski definition) is 2. The lowest BCUT2D eigenvalue weighted by Gasteiger charge is -2.13. The van der Waals surface area contributed by atoms with Gasteiger partial charge in [0.2, 0.25) is 0 Å². The Kier molecular flexibility index (Phi) is 4.88. The van der Waals surface area contributed by atoms with Crippen molar-refractivity contribution in [3.8, 4) is 12.3 Å². The van der Waals surface area contributed by atoms with Crippen molar-refractivity contribution in [2.45, 2.75) is 19.8 Å². The van der Waals surface area contributed by atoms with E-state index < -0.39 is 0 Å². The lowest BCUT2D eigenvalue weighted by molar-refractivity contribution is 0.339. The second-order valence-corrected chi connectivity index (χ2v) is 3.71. The first-order chi connectivity index (χ1) is 6.36. The maximum atomic E-state index is 5.17. The van der Waals surface area contributed by atoms with Gasteiger partial charge in [0.1, 0.15) is 0 Å². The number of hydrogen-bond donors (Lipinski definition) is 1. The summed E-state index contributed by atoms with van der Waals surface area (Å²) in [5.74, 6) is 3.49. The molecule has 1 unspecified atom stereocenters. The second kappa shape index (κ2) is 6.01. The van der Waals surface area contributed by atoms with Crippen LogP contribution in [0.25, 0.3) is 0 Å². The summed E-state index contributed by atoms with van der Waals surface area (Å²) in [5, 5.41) is 3.40. The van der Waals surface area contributed by atoms with E-state index in [1.54, 1.807) is 0 Å². The summed E-state index contributed by atoms with van der Waals surface area (Å²) in [6, 6.07) is 0. The van der Waals surface area contributed by atoms with Crippen molar-refractivity contribution < 1.29 is 0 Å². The van der Waals surface area contributed by atoms with Gasteiger partial charge < -0.3 is 10.2 Å². The van der Waals surface area contributed by atoms with Crippen molar-refractivity contribution in [1.82, 2.24) is 10.2 Å². The summed E-state index contributed by atoms with van der Waals surface area (Å²) in [6.07, 6.45) is 7.36. The van der Waals surface area contributed by atoms with Crippen molar-refractivity contribution in [3.05, 3.63) is 0 Å². The highest BCUT2D eigenvalue weighted by molar-refractivity contribution is 4.84. The van der Waals surface area contributed by atoms with Crippen LogP contribution in [0.3, 0.4) is 0 Å². The quantitative estimate of drug-likeness (QED) is 0.500. The highest BCUT2D eigenvalue weighted by Crippen LogP contribution is 2.14. The van der Waals surface area contributed by atoms with Gasteiger partial charge in [0, 0.05) is 19.5 Å². The van der Waals surface area contributed by atoms with E-state index in [-0.39, 0.29) is 0 Å². The van der Waals surface area contributed by atoms with E-state index in [0.717, 1.165) is 25.4 Å². The standard InChI is InChI=1S/C11H20N2/c1-3-5-7-12-9-11-6-8-13(4-2)10-11/h1,11-12H,4-10H2,2H3. The van der Waals surface area contributed by atoms with Gasteiger partial charge in [-0.25, -0.2) is 0 Å². The van der Waals surface area contributed by atoms with E-state index in [1.807, 2.05) is 0 Å². The Hall–Kier alpha value is -0.520. The smallest absolute Gasteiger partial charge is 0.0211 e. The van der Waals surface area contributed by atoms with Crippen molar-refractivity contribution in [2.75, 3.05) is 32.7 Å². The molecule has 1 saturated heterocycles. The summed E-state index contributed by atoms with van der Waals surface area (Å²) in [6.45, 7) is 8.07. The molecular weight excluding hydrogens is 160 g/mol. The third-order valence-electron chi connectivity index (χ3n) is 2.70. The predicted molar refractivity (Wildman–Crippen MR) is 56.5 cm³/mol. The van der Waals surface area contributed by atoms with E-state index in [9.17, 15) is 0 Å². The van der Waals surface area contributed by atoms with Gasteiger partial charge in [-0.1, -0.05) is 6.92 Å². The van der Waals surface area contributed by atoms with Crippen LogP contribution < -0.4 is 5.32 Å². The zero-order valence-electron chi connectivity index (χ0n) is 8.55. The molecule has 1 fully saturated rings. The number of nitrogens with one attached hydrogen (secondary N) is 1. The van der Waals surface area contributed by atoms with Crippen LogP contribution in [0.4, 0.5) is 0 Å². The Labute approximate surface area is 81.7 Å². The largest absolute Gasteiger partial charge is 0.315 e. The molecule has 0 bridgehead atoms. The minimum Gasteiger partial charge on any atom is -0.315 e. The van der Waals surface area contributed by atoms with Gasteiger partial charge in [-0.15, -0.1) is 12.3 Å². The molecule has 1 rings (SSSR count). The first kappa shape index (κ1) is 10.6. The molecule has 74 valence electrons. The van der Waals surface area contributed by atoms with Gasteiger partial charge in [0.05, 0.1) is 0 Å². The SMILES string of the molecule is C#CCCNCC1CCN(CC)C1. The van der Waals surface area contributed by atoms with E-state index in [2.05, 4.69) is 23.1 Å². The van der Waals surface area contributed by atoms with Gasteiger partial charge in [-0.05, 0) is 32.0 Å². The third kappa shape index (κ3) is 3.80. The molecule has 0 radical (unpaired) electrons. The lowest BCUT2D eigenvalue weighted by Crippen LogP contribution is -2.26. The Morgan fingerprint density at radius 2 is 2.46 bits per heavy atom. The van der Waals surface area contributed by atoms with E-state index in [1.165, 1.54) is 26.1 Å². The van der Waals surface area contributed by atoms with Crippen LogP contribution in [0.1, 0.15) is 19.8 Å². The monoisotopic (exact) mass is 180 g/mol. The molecule has 0 saturated carbocycles. The maximum Gasteiger partial charge on any atom is 0.0211 e. The van der Waals surface area contributed by atoms with Crippen LogP contribution in [0.5, 0.6) is 0 Å². The fourth-order valence-electron chi connectivity index (χ4n) is 1.83. The molecule has 1 heterocycles. The minimum absolute atomic E-state index is 0.845. The Balaban J connectivity index is 2.01. The number of nitrogens with zero attached hydrogens (tertiary/aromatic N) is 1. The van der Waals surface area contributed by atoms with Crippen LogP contribution in [0.15, 0.2) is 0 Å². The predicted octanol–water partition coefficient (Wildman–Crippen LogP) is 0.941. The highest BCUT2D eigenvalue weighted by atomic mass is 15.1. The fraction of sp³-hybridized carbons (Fsp3) is 0.818. The molecule has 0 aliphatic carbocycles. The molecule has 2 nitrogen and oxygen atoms in total. The molecule has 1 atom stereocenters. The molecular formula is C11H20N2. The summed E-state index contributed by atoms with van der Waals surface area (Å²) >= 11 is 0. The van der Waals surface area contributed by atoms with E-state index >= 15 is 0 Å². The van der Waals surface area contributed by atoms with Crippen molar-refractivity contribution >= 4 is 0 Å². The number of rotatable bonds is 5. The van der Waals surface area contributed by atoms with E-state index in [0.29, 0.717) is 0 Å². The van der Waals surface area contributed by atoms with Gasteiger partial charge in [-0.2, -0.15) is 0 Å². The van der Waals surface area contributed by atoms with Crippen LogP contribution >= 0.6 is 0 Å². The number of likely N-dealkylation sites (tertiary alicyclic amines) is 1. The highest BCUT2D eigenvalue weighted by Gasteiger charge is 2.19. The summed E-state index contributed by atoms with van der Waals surface area (Å²) in [7, 11) is 0. The second-order valence-electron chi connectivity index (χ2n) is 3.71. The number of terminal acetylenes is 1. The molecule has 0 aromatic heterocycles. The molecule has 2 heteroatoms. The molecule has 0 aromatic rings. The van der Waals surface area contributed by atoms with Gasteiger partial charge in [0.25, 0.3) is 0 Å². The van der Waals surface area contributed by atoms with Crippen molar-refractivity contribution in [2.24, 2.45) is 5.92 Å². The molecule has 13 heavy (non-hydrogen) atoms. The van der Waals surface area contributed by atoms with E-state index in [4.69, 9.17) is 6.42 Å². The normalized spacial score (nSPS) is 23.2. The summed E-state index contributed by atoms with van der Waals surface area (Å²) < 4.78 is 0. The molecule has 0 spiro atoms. The molecule has 1 aliphatic heterocycles. The summed E-state index contributed by atoms with van der Waals surface area (Å²) in [5.41, 5.74) is 0. The van der Waals surface area contributed by atoms with Crippen molar-refractivity contribution in [1.29, 1.82) is 0 Å². The maximum absolute atomic E-state index is 5.17. The molecule has 0 aromatic carbocycles. The Morgan fingerprint density at radius 1 is 1.62 bits per heavy atom. The van der Waals surface area contributed by atoms with Gasteiger partial charge in [0.15, 0.2) is 0 Å². The van der Waals surface area contributed by atoms with Crippen LogP contribution in [-0.2, 0) is 0 Å². The van der Waals surface area contributed by atoms with Crippen molar-refractivity contribution in [3.63, 3.8) is 0 Å². The average molecular weight is 180 g/mol. The Bertz CT molecular complexity index is 171. The first-order valence-corrected chi connectivity index (χ1v) is 5.23. The minimum atomic E-state index is 0.845. The van der Waals surface area contributed by atoms with Crippen LogP contribution in [0.2, 0.25) is 0 Å². The Morgan fingerprint density at radius 3 is 3.08 bits per heavy atom. The average Bonchev–Trinajstić information content (AvgIpc) is 2.60. The zero-order chi connectivity index (χ0) is 9.52. The summed E-state index contributed by atoms with van der Waals surface area (Å²) in [4.78, 5) is 2.51. The molecule has 1 aliphatic rings. The van der Waals surface area contributed by atoms with Gasteiger partial charge >= 0.3 is 0 Å². The molecule has 0 amide bonds. The zero-order valence-corrected chi connectivity index (χ0v) is 8.55. The molecule has 1 N–H and O–H groups in total. The van der Waals surface area contributed by atoms with Gasteiger partial charge in [-0.3, -0.25) is 0 Å². The first-order valence-electron chi connectivity index (χ1n) is 5.23. The fourth-order valence-corrected chi connectivity index (χ4v) is 1.83.